The third kappa shape index (κ3) is 4.85. The molecular formula is C17H33N3O2. The lowest BCUT2D eigenvalue weighted by Crippen LogP contribution is -2.49. The molecule has 2 aliphatic rings. The van der Waals surface area contributed by atoms with Crippen LogP contribution in [0.5, 0.6) is 0 Å². The summed E-state index contributed by atoms with van der Waals surface area (Å²) in [6.07, 6.45) is 7.68. The van der Waals surface area contributed by atoms with Gasteiger partial charge in [-0.25, -0.2) is 4.79 Å². The second-order valence-corrected chi connectivity index (χ2v) is 6.96. The highest BCUT2D eigenvalue weighted by atomic mass is 16.3. The van der Waals surface area contributed by atoms with Crippen molar-refractivity contribution >= 4 is 6.03 Å². The molecule has 2 rings (SSSR count). The molecule has 0 spiro atoms. The SMILES string of the molecule is CCN1CCCCC1CNC(=O)N(C)CC1CCCCC1O. The minimum atomic E-state index is -0.238. The first-order chi connectivity index (χ1) is 10.6. The number of piperidine rings is 1. The summed E-state index contributed by atoms with van der Waals surface area (Å²) in [5, 5.41) is 13.1. The Labute approximate surface area is 135 Å². The fraction of sp³-hybridized carbons (Fsp3) is 0.941. The number of urea groups is 1. The highest BCUT2D eigenvalue weighted by Crippen LogP contribution is 2.24. The van der Waals surface area contributed by atoms with Crippen LogP contribution in [0.2, 0.25) is 0 Å². The van der Waals surface area contributed by atoms with Crippen LogP contribution in [-0.4, -0.2) is 66.3 Å². The number of hydrogen-bond donors (Lipinski definition) is 2. The predicted molar refractivity (Wildman–Crippen MR) is 88.9 cm³/mol. The van der Waals surface area contributed by atoms with Gasteiger partial charge in [0.25, 0.3) is 0 Å². The van der Waals surface area contributed by atoms with Crippen molar-refractivity contribution in [3.8, 4) is 0 Å². The standard InChI is InChI=1S/C17H33N3O2/c1-3-20-11-7-6-9-15(20)12-18-17(22)19(2)13-14-8-4-5-10-16(14)21/h14-16,21H,3-13H2,1-2H3,(H,18,22). The summed E-state index contributed by atoms with van der Waals surface area (Å²) in [6.45, 7) is 5.81. The third-order valence-corrected chi connectivity index (χ3v) is 5.37. The maximum Gasteiger partial charge on any atom is 0.317 e. The van der Waals surface area contributed by atoms with Crippen LogP contribution in [0.1, 0.15) is 51.9 Å². The second kappa shape index (κ2) is 8.73. The third-order valence-electron chi connectivity index (χ3n) is 5.37. The van der Waals surface area contributed by atoms with Crippen molar-refractivity contribution in [1.82, 2.24) is 15.1 Å². The number of likely N-dealkylation sites (N-methyl/N-ethyl adjacent to an activating group) is 1. The van der Waals surface area contributed by atoms with Crippen molar-refractivity contribution in [2.24, 2.45) is 5.92 Å². The Hall–Kier alpha value is -0.810. The fourth-order valence-electron chi connectivity index (χ4n) is 3.88. The lowest BCUT2D eigenvalue weighted by molar-refractivity contribution is 0.0562. The topological polar surface area (TPSA) is 55.8 Å². The van der Waals surface area contributed by atoms with Gasteiger partial charge < -0.3 is 15.3 Å². The molecule has 128 valence electrons. The number of nitrogens with zero attached hydrogens (tertiary/aromatic N) is 2. The van der Waals surface area contributed by atoms with Gasteiger partial charge in [-0.2, -0.15) is 0 Å². The molecule has 2 N–H and O–H groups in total. The van der Waals surface area contributed by atoms with E-state index in [9.17, 15) is 9.90 Å². The van der Waals surface area contributed by atoms with E-state index in [4.69, 9.17) is 0 Å². The number of aliphatic hydroxyl groups is 1. The molecule has 1 heterocycles. The first-order valence-corrected chi connectivity index (χ1v) is 9.03. The summed E-state index contributed by atoms with van der Waals surface area (Å²) in [5.74, 6) is 0.242. The van der Waals surface area contributed by atoms with E-state index < -0.39 is 0 Å². The number of likely N-dealkylation sites (tertiary alicyclic amines) is 1. The van der Waals surface area contributed by atoms with Crippen molar-refractivity contribution in [3.63, 3.8) is 0 Å². The summed E-state index contributed by atoms with van der Waals surface area (Å²) in [6, 6.07) is 0.482. The molecule has 1 saturated carbocycles. The zero-order chi connectivity index (χ0) is 15.9. The smallest absolute Gasteiger partial charge is 0.317 e. The van der Waals surface area contributed by atoms with E-state index in [2.05, 4.69) is 17.1 Å². The van der Waals surface area contributed by atoms with Gasteiger partial charge in [0.1, 0.15) is 0 Å². The molecule has 0 radical (unpaired) electrons. The molecule has 0 aromatic heterocycles. The molecule has 1 saturated heterocycles. The van der Waals surface area contributed by atoms with Crippen LogP contribution >= 0.6 is 0 Å². The number of amides is 2. The van der Waals surface area contributed by atoms with Crippen molar-refractivity contribution < 1.29 is 9.90 Å². The minimum absolute atomic E-state index is 0.000556. The maximum absolute atomic E-state index is 12.3. The monoisotopic (exact) mass is 311 g/mol. The van der Waals surface area contributed by atoms with Crippen LogP contribution in [0.25, 0.3) is 0 Å². The first kappa shape index (κ1) is 17.5. The zero-order valence-corrected chi connectivity index (χ0v) is 14.3. The Kier molecular flexibility index (Phi) is 6.96. The van der Waals surface area contributed by atoms with Gasteiger partial charge in [0, 0.05) is 32.1 Å². The normalized spacial score (nSPS) is 30.0. The molecule has 1 aliphatic heterocycles. The summed E-state index contributed by atoms with van der Waals surface area (Å²) < 4.78 is 0. The van der Waals surface area contributed by atoms with Gasteiger partial charge in [0.05, 0.1) is 6.10 Å². The van der Waals surface area contributed by atoms with E-state index in [0.29, 0.717) is 12.6 Å². The number of hydrogen-bond acceptors (Lipinski definition) is 3. The highest BCUT2D eigenvalue weighted by Gasteiger charge is 2.26. The quantitative estimate of drug-likeness (QED) is 0.817. The average Bonchev–Trinajstić information content (AvgIpc) is 2.54. The molecule has 2 amide bonds. The van der Waals surface area contributed by atoms with Crippen LogP contribution < -0.4 is 5.32 Å². The lowest BCUT2D eigenvalue weighted by atomic mass is 9.86. The van der Waals surface area contributed by atoms with Crippen molar-refractivity contribution in [1.29, 1.82) is 0 Å². The Morgan fingerprint density at radius 3 is 2.68 bits per heavy atom. The van der Waals surface area contributed by atoms with Crippen LogP contribution in [0.3, 0.4) is 0 Å². The summed E-state index contributed by atoms with van der Waals surface area (Å²) in [7, 11) is 1.84. The van der Waals surface area contributed by atoms with Crippen molar-refractivity contribution in [3.05, 3.63) is 0 Å². The van der Waals surface area contributed by atoms with E-state index in [1.807, 2.05) is 7.05 Å². The van der Waals surface area contributed by atoms with E-state index in [-0.39, 0.29) is 18.1 Å². The van der Waals surface area contributed by atoms with Crippen LogP contribution in [0.15, 0.2) is 0 Å². The zero-order valence-electron chi connectivity index (χ0n) is 14.3. The molecule has 5 nitrogen and oxygen atoms in total. The number of aliphatic hydroxyl groups excluding tert-OH is 1. The molecule has 0 aromatic carbocycles. The largest absolute Gasteiger partial charge is 0.393 e. The lowest BCUT2D eigenvalue weighted by Gasteiger charge is -2.35. The number of nitrogens with one attached hydrogen (secondary N) is 1. The van der Waals surface area contributed by atoms with Crippen LogP contribution in [0, 0.1) is 5.92 Å². The van der Waals surface area contributed by atoms with Crippen molar-refractivity contribution in [2.45, 2.75) is 64.0 Å². The summed E-state index contributed by atoms with van der Waals surface area (Å²) in [5.41, 5.74) is 0. The molecular weight excluding hydrogens is 278 g/mol. The van der Waals surface area contributed by atoms with Crippen LogP contribution in [-0.2, 0) is 0 Å². The van der Waals surface area contributed by atoms with Gasteiger partial charge in [0.2, 0.25) is 0 Å². The van der Waals surface area contributed by atoms with Crippen molar-refractivity contribution in [2.75, 3.05) is 33.2 Å². The Bertz CT molecular complexity index is 351. The summed E-state index contributed by atoms with van der Waals surface area (Å²) >= 11 is 0. The Morgan fingerprint density at radius 1 is 1.23 bits per heavy atom. The average molecular weight is 311 g/mol. The molecule has 2 fully saturated rings. The van der Waals surface area contributed by atoms with Gasteiger partial charge in [-0.3, -0.25) is 4.90 Å². The van der Waals surface area contributed by atoms with E-state index >= 15 is 0 Å². The van der Waals surface area contributed by atoms with Gasteiger partial charge in [-0.1, -0.05) is 26.2 Å². The maximum atomic E-state index is 12.3. The molecule has 0 aromatic rings. The van der Waals surface area contributed by atoms with Gasteiger partial charge in [0.15, 0.2) is 0 Å². The second-order valence-electron chi connectivity index (χ2n) is 6.96. The van der Waals surface area contributed by atoms with E-state index in [1.54, 1.807) is 4.90 Å². The van der Waals surface area contributed by atoms with Gasteiger partial charge in [-0.05, 0) is 38.8 Å². The number of carbonyl (C=O) groups is 1. The molecule has 0 bridgehead atoms. The first-order valence-electron chi connectivity index (χ1n) is 9.03. The molecule has 22 heavy (non-hydrogen) atoms. The molecule has 3 unspecified atom stereocenters. The molecule has 1 aliphatic carbocycles. The van der Waals surface area contributed by atoms with E-state index in [0.717, 1.165) is 38.9 Å². The minimum Gasteiger partial charge on any atom is -0.393 e. The molecule has 3 atom stereocenters. The predicted octanol–water partition coefficient (Wildman–Crippen LogP) is 2.05. The Balaban J connectivity index is 1.73. The number of rotatable bonds is 5. The van der Waals surface area contributed by atoms with Gasteiger partial charge in [-0.15, -0.1) is 0 Å². The highest BCUT2D eigenvalue weighted by molar-refractivity contribution is 5.73. The van der Waals surface area contributed by atoms with Crippen LogP contribution in [0.4, 0.5) is 4.79 Å². The molecule has 5 heteroatoms. The number of carbonyl (C=O) groups excluding carboxylic acids is 1. The fourth-order valence-corrected chi connectivity index (χ4v) is 3.88. The van der Waals surface area contributed by atoms with E-state index in [1.165, 1.54) is 25.7 Å². The summed E-state index contributed by atoms with van der Waals surface area (Å²) in [4.78, 5) is 16.5. The van der Waals surface area contributed by atoms with Gasteiger partial charge >= 0.3 is 6.03 Å². The Morgan fingerprint density at radius 2 is 1.95 bits per heavy atom.